The molecule has 0 N–H and O–H groups in total. The number of nitrogens with zero attached hydrogens (tertiary/aromatic N) is 1. The topological polar surface area (TPSA) is 20.3 Å². The van der Waals surface area contributed by atoms with Crippen molar-refractivity contribution in [3.8, 4) is 0 Å². The molecule has 0 saturated heterocycles. The van der Waals surface area contributed by atoms with E-state index >= 15 is 0 Å². The number of rotatable bonds is 6. The summed E-state index contributed by atoms with van der Waals surface area (Å²) in [4.78, 5) is 15.4. The van der Waals surface area contributed by atoms with Gasteiger partial charge in [-0.05, 0) is 29.9 Å². The molecular formula is C19H23NOS. The first-order valence-corrected chi connectivity index (χ1v) is 8.49. The minimum Gasteiger partial charge on any atom is -0.334 e. The van der Waals surface area contributed by atoms with Crippen LogP contribution >= 0.6 is 11.3 Å². The molecule has 116 valence electrons. The highest BCUT2D eigenvalue weighted by atomic mass is 32.1. The zero-order chi connectivity index (χ0) is 15.9. The van der Waals surface area contributed by atoms with Gasteiger partial charge < -0.3 is 4.90 Å². The molecule has 0 radical (unpaired) electrons. The van der Waals surface area contributed by atoms with Crippen molar-refractivity contribution in [3.05, 3.63) is 63.9 Å². The normalized spacial score (nSPS) is 11.7. The number of benzene rings is 1. The maximum absolute atomic E-state index is 12.6. The smallest absolute Gasteiger partial charge is 0.264 e. The molecule has 2 rings (SSSR count). The Balaban J connectivity index is 2.12. The highest BCUT2D eigenvalue weighted by molar-refractivity contribution is 7.12. The third-order valence-electron chi connectivity index (χ3n) is 3.26. The highest BCUT2D eigenvalue weighted by Crippen LogP contribution is 2.16. The van der Waals surface area contributed by atoms with Gasteiger partial charge in [0.25, 0.3) is 5.91 Å². The molecule has 2 nitrogen and oxygen atoms in total. The van der Waals surface area contributed by atoms with Crippen LogP contribution in [0.5, 0.6) is 0 Å². The van der Waals surface area contributed by atoms with Crippen LogP contribution in [-0.2, 0) is 0 Å². The second kappa shape index (κ2) is 7.95. The summed E-state index contributed by atoms with van der Waals surface area (Å²) >= 11 is 1.51. The number of hydrogen-bond acceptors (Lipinski definition) is 2. The second-order valence-electron chi connectivity index (χ2n) is 5.96. The minimum atomic E-state index is 0.129. The lowest BCUT2D eigenvalue weighted by atomic mass is 10.1. The van der Waals surface area contributed by atoms with Crippen LogP contribution in [0.1, 0.15) is 36.0 Å². The molecule has 0 aliphatic heterocycles. The molecule has 0 spiro atoms. The zero-order valence-electron chi connectivity index (χ0n) is 13.5. The summed E-state index contributed by atoms with van der Waals surface area (Å²) < 4.78 is 0. The quantitative estimate of drug-likeness (QED) is 0.739. The highest BCUT2D eigenvalue weighted by Gasteiger charge is 2.17. The SMILES string of the molecule is C/C(=C\c1ccccc1)CN(CC(C)C)C(=O)c1cccs1. The van der Waals surface area contributed by atoms with Crippen molar-refractivity contribution in [2.45, 2.75) is 20.8 Å². The Morgan fingerprint density at radius 3 is 2.50 bits per heavy atom. The van der Waals surface area contributed by atoms with E-state index in [1.807, 2.05) is 40.6 Å². The third kappa shape index (κ3) is 4.85. The number of thiophene rings is 1. The molecule has 0 atom stereocenters. The Hall–Kier alpha value is -1.87. The molecule has 3 heteroatoms. The summed E-state index contributed by atoms with van der Waals surface area (Å²) in [5, 5.41) is 1.95. The summed E-state index contributed by atoms with van der Waals surface area (Å²) in [6.45, 7) is 7.82. The van der Waals surface area contributed by atoms with E-state index in [9.17, 15) is 4.79 Å². The molecule has 1 aromatic carbocycles. The van der Waals surface area contributed by atoms with E-state index in [-0.39, 0.29) is 5.91 Å². The van der Waals surface area contributed by atoms with Crippen LogP contribution < -0.4 is 0 Å². The first kappa shape index (κ1) is 16.5. The van der Waals surface area contributed by atoms with Gasteiger partial charge in [0.15, 0.2) is 0 Å². The van der Waals surface area contributed by atoms with E-state index in [1.54, 1.807) is 0 Å². The van der Waals surface area contributed by atoms with E-state index < -0.39 is 0 Å². The largest absolute Gasteiger partial charge is 0.334 e. The average Bonchev–Trinajstić information content (AvgIpc) is 3.00. The van der Waals surface area contributed by atoms with Crippen molar-refractivity contribution in [3.63, 3.8) is 0 Å². The van der Waals surface area contributed by atoms with Crippen LogP contribution in [0.15, 0.2) is 53.4 Å². The lowest BCUT2D eigenvalue weighted by Gasteiger charge is -2.24. The number of amides is 1. The van der Waals surface area contributed by atoms with Crippen LogP contribution in [0.25, 0.3) is 6.08 Å². The predicted molar refractivity (Wildman–Crippen MR) is 95.2 cm³/mol. The van der Waals surface area contributed by atoms with Crippen LogP contribution in [0, 0.1) is 5.92 Å². The van der Waals surface area contributed by atoms with Crippen molar-refractivity contribution in [2.75, 3.05) is 13.1 Å². The Labute approximate surface area is 137 Å². The molecule has 0 bridgehead atoms. The molecule has 0 unspecified atom stereocenters. The van der Waals surface area contributed by atoms with Crippen molar-refractivity contribution in [2.24, 2.45) is 5.92 Å². The first-order chi connectivity index (χ1) is 10.6. The first-order valence-electron chi connectivity index (χ1n) is 7.61. The Morgan fingerprint density at radius 1 is 1.18 bits per heavy atom. The zero-order valence-corrected chi connectivity index (χ0v) is 14.3. The minimum absolute atomic E-state index is 0.129. The van der Waals surface area contributed by atoms with E-state index in [1.165, 1.54) is 22.5 Å². The van der Waals surface area contributed by atoms with Crippen LogP contribution in [0.2, 0.25) is 0 Å². The maximum atomic E-state index is 12.6. The second-order valence-corrected chi connectivity index (χ2v) is 6.91. The molecule has 22 heavy (non-hydrogen) atoms. The van der Waals surface area contributed by atoms with E-state index in [2.05, 4.69) is 39.0 Å². The van der Waals surface area contributed by atoms with Gasteiger partial charge in [0.1, 0.15) is 0 Å². The predicted octanol–water partition coefficient (Wildman–Crippen LogP) is 4.95. The molecule has 1 aromatic heterocycles. The number of carbonyl (C=O) groups excluding carboxylic acids is 1. The summed E-state index contributed by atoms with van der Waals surface area (Å²) in [5.41, 5.74) is 2.37. The fourth-order valence-corrected chi connectivity index (χ4v) is 3.09. The molecule has 0 aliphatic carbocycles. The van der Waals surface area contributed by atoms with Crippen molar-refractivity contribution in [1.82, 2.24) is 4.90 Å². The van der Waals surface area contributed by atoms with Crippen molar-refractivity contribution < 1.29 is 4.79 Å². The Morgan fingerprint density at radius 2 is 1.91 bits per heavy atom. The molecule has 1 heterocycles. The van der Waals surface area contributed by atoms with E-state index in [4.69, 9.17) is 0 Å². The van der Waals surface area contributed by atoms with Gasteiger partial charge in [-0.2, -0.15) is 0 Å². The van der Waals surface area contributed by atoms with Gasteiger partial charge in [0, 0.05) is 13.1 Å². The molecule has 0 saturated carbocycles. The Kier molecular flexibility index (Phi) is 5.96. The van der Waals surface area contributed by atoms with Gasteiger partial charge in [0.2, 0.25) is 0 Å². The van der Waals surface area contributed by atoms with Crippen LogP contribution in [-0.4, -0.2) is 23.9 Å². The Bertz CT molecular complexity index is 614. The van der Waals surface area contributed by atoms with Gasteiger partial charge in [0.05, 0.1) is 4.88 Å². The fourth-order valence-electron chi connectivity index (χ4n) is 2.40. The van der Waals surface area contributed by atoms with E-state index in [0.717, 1.165) is 11.4 Å². The monoisotopic (exact) mass is 313 g/mol. The summed E-state index contributed by atoms with van der Waals surface area (Å²) in [5.74, 6) is 0.581. The van der Waals surface area contributed by atoms with Gasteiger partial charge in [-0.25, -0.2) is 0 Å². The van der Waals surface area contributed by atoms with Gasteiger partial charge in [-0.3, -0.25) is 4.79 Å². The summed E-state index contributed by atoms with van der Waals surface area (Å²) in [6, 6.07) is 14.1. The molecular weight excluding hydrogens is 290 g/mol. The van der Waals surface area contributed by atoms with Gasteiger partial charge in [-0.15, -0.1) is 11.3 Å². The standard InChI is InChI=1S/C19H23NOS/c1-15(2)13-20(19(21)18-10-7-11-22-18)14-16(3)12-17-8-5-4-6-9-17/h4-12,15H,13-14H2,1-3H3/b16-12+. The van der Waals surface area contributed by atoms with Gasteiger partial charge in [-0.1, -0.05) is 61.9 Å². The van der Waals surface area contributed by atoms with Crippen LogP contribution in [0.4, 0.5) is 0 Å². The molecule has 0 aliphatic rings. The van der Waals surface area contributed by atoms with Gasteiger partial charge >= 0.3 is 0 Å². The lowest BCUT2D eigenvalue weighted by molar-refractivity contribution is 0.0757. The number of hydrogen-bond donors (Lipinski definition) is 0. The molecule has 2 aromatic rings. The molecule has 1 amide bonds. The fraction of sp³-hybridized carbons (Fsp3) is 0.316. The van der Waals surface area contributed by atoms with Crippen molar-refractivity contribution in [1.29, 1.82) is 0 Å². The average molecular weight is 313 g/mol. The summed E-state index contributed by atoms with van der Waals surface area (Å²) in [6.07, 6.45) is 2.15. The maximum Gasteiger partial charge on any atom is 0.264 e. The summed E-state index contributed by atoms with van der Waals surface area (Å²) in [7, 11) is 0. The van der Waals surface area contributed by atoms with Crippen molar-refractivity contribution >= 4 is 23.3 Å². The van der Waals surface area contributed by atoms with Crippen LogP contribution in [0.3, 0.4) is 0 Å². The third-order valence-corrected chi connectivity index (χ3v) is 4.12. The van der Waals surface area contributed by atoms with E-state index in [0.29, 0.717) is 12.5 Å². The number of carbonyl (C=O) groups is 1. The lowest BCUT2D eigenvalue weighted by Crippen LogP contribution is -2.35. The molecule has 0 fully saturated rings.